The molecule has 0 aliphatic carbocycles. The second kappa shape index (κ2) is 8.07. The van der Waals surface area contributed by atoms with Crippen LogP contribution >= 0.6 is 15.9 Å². The number of rotatable bonds is 6. The summed E-state index contributed by atoms with van der Waals surface area (Å²) < 4.78 is 33.6. The molecule has 0 saturated heterocycles. The summed E-state index contributed by atoms with van der Waals surface area (Å²) in [6.45, 7) is 1.92. The van der Waals surface area contributed by atoms with Crippen molar-refractivity contribution in [1.82, 2.24) is 5.48 Å². The third kappa shape index (κ3) is 4.01. The van der Waals surface area contributed by atoms with Crippen LogP contribution < -0.4 is 15.5 Å². The fourth-order valence-electron chi connectivity index (χ4n) is 1.94. The van der Waals surface area contributed by atoms with Gasteiger partial charge in [-0.25, -0.2) is 14.3 Å². The van der Waals surface area contributed by atoms with E-state index in [4.69, 9.17) is 9.57 Å². The fraction of sp³-hybridized carbons (Fsp3) is 0.188. The van der Waals surface area contributed by atoms with E-state index in [0.29, 0.717) is 15.9 Å². The Balaban J connectivity index is 2.41. The Morgan fingerprint density at radius 3 is 2.67 bits per heavy atom. The van der Waals surface area contributed by atoms with E-state index in [1.165, 1.54) is 13.2 Å². The van der Waals surface area contributed by atoms with E-state index < -0.39 is 17.5 Å². The number of methoxy groups -OCH3 is 1. The van der Waals surface area contributed by atoms with E-state index in [0.717, 1.165) is 6.07 Å². The monoisotopic (exact) mass is 400 g/mol. The molecule has 0 bridgehead atoms. The first-order valence-electron chi connectivity index (χ1n) is 6.98. The highest BCUT2D eigenvalue weighted by Gasteiger charge is 2.19. The van der Waals surface area contributed by atoms with E-state index in [2.05, 4.69) is 26.7 Å². The van der Waals surface area contributed by atoms with E-state index in [9.17, 15) is 13.6 Å². The second-order valence-corrected chi connectivity index (χ2v) is 5.48. The summed E-state index contributed by atoms with van der Waals surface area (Å²) in [5.41, 5.74) is 2.19. The Hall–Kier alpha value is -2.19. The molecule has 0 atom stereocenters. The van der Waals surface area contributed by atoms with Crippen molar-refractivity contribution in [2.75, 3.05) is 19.0 Å². The molecule has 8 heteroatoms. The summed E-state index contributed by atoms with van der Waals surface area (Å²) in [5, 5.41) is 2.71. The number of carbonyl (C=O) groups excluding carboxylic acids is 1. The van der Waals surface area contributed by atoms with Crippen LogP contribution in [0.4, 0.5) is 20.2 Å². The van der Waals surface area contributed by atoms with Crippen molar-refractivity contribution in [2.24, 2.45) is 0 Å². The molecule has 0 unspecified atom stereocenters. The molecule has 2 aromatic rings. The molecule has 128 valence electrons. The van der Waals surface area contributed by atoms with Crippen LogP contribution in [-0.4, -0.2) is 19.6 Å². The zero-order valence-corrected chi connectivity index (χ0v) is 14.5. The molecule has 2 N–H and O–H groups in total. The topological polar surface area (TPSA) is 59.6 Å². The van der Waals surface area contributed by atoms with Crippen molar-refractivity contribution in [3.8, 4) is 5.75 Å². The van der Waals surface area contributed by atoms with Crippen molar-refractivity contribution in [3.05, 3.63) is 52.0 Å². The Labute approximate surface area is 146 Å². The molecular formula is C16H15BrF2N2O3. The fourth-order valence-corrected chi connectivity index (χ4v) is 2.35. The van der Waals surface area contributed by atoms with Gasteiger partial charge in [-0.3, -0.25) is 9.63 Å². The summed E-state index contributed by atoms with van der Waals surface area (Å²) in [7, 11) is 1.48. The Kier molecular flexibility index (Phi) is 6.10. The molecule has 0 aliphatic rings. The summed E-state index contributed by atoms with van der Waals surface area (Å²) >= 11 is 3.30. The molecule has 0 spiro atoms. The molecule has 0 aromatic heterocycles. The number of hydroxylamine groups is 1. The van der Waals surface area contributed by atoms with Gasteiger partial charge in [0, 0.05) is 11.8 Å². The van der Waals surface area contributed by atoms with Gasteiger partial charge in [-0.15, -0.1) is 0 Å². The average molecular weight is 401 g/mol. The Morgan fingerprint density at radius 1 is 1.25 bits per heavy atom. The summed E-state index contributed by atoms with van der Waals surface area (Å²) in [4.78, 5) is 16.9. The average Bonchev–Trinajstić information content (AvgIpc) is 2.58. The largest absolute Gasteiger partial charge is 0.495 e. The van der Waals surface area contributed by atoms with Crippen LogP contribution in [0.25, 0.3) is 0 Å². The molecular weight excluding hydrogens is 386 g/mol. The normalized spacial score (nSPS) is 10.4. The number of hydrogen-bond donors (Lipinski definition) is 2. The van der Waals surface area contributed by atoms with E-state index in [-0.39, 0.29) is 17.9 Å². The standard InChI is InChI=1S/C16H15BrF2N2O3/c1-3-24-21-16(22)10-5-7-12(18)14(19)15(10)20-9-4-6-11(17)13(8-9)23-2/h4-8,20H,3H2,1-2H3,(H,21,22). The smallest absolute Gasteiger partial charge is 0.277 e. The Morgan fingerprint density at radius 2 is 2.00 bits per heavy atom. The first kappa shape index (κ1) is 18.2. The zero-order chi connectivity index (χ0) is 17.7. The van der Waals surface area contributed by atoms with Crippen molar-refractivity contribution in [2.45, 2.75) is 6.92 Å². The van der Waals surface area contributed by atoms with Crippen LogP contribution in [-0.2, 0) is 4.84 Å². The highest BCUT2D eigenvalue weighted by molar-refractivity contribution is 9.10. The summed E-state index contributed by atoms with van der Waals surface area (Å²) in [5.74, 6) is -2.44. The molecule has 0 saturated carbocycles. The van der Waals surface area contributed by atoms with Gasteiger partial charge in [0.25, 0.3) is 5.91 Å². The first-order valence-corrected chi connectivity index (χ1v) is 7.78. The van der Waals surface area contributed by atoms with Gasteiger partial charge in [-0.05, 0) is 47.1 Å². The van der Waals surface area contributed by atoms with Gasteiger partial charge in [0.1, 0.15) is 5.75 Å². The van der Waals surface area contributed by atoms with Crippen molar-refractivity contribution in [3.63, 3.8) is 0 Å². The summed E-state index contributed by atoms with van der Waals surface area (Å²) in [6.07, 6.45) is 0. The van der Waals surface area contributed by atoms with Crippen LogP contribution in [0.15, 0.2) is 34.8 Å². The molecule has 2 aromatic carbocycles. The van der Waals surface area contributed by atoms with Crippen molar-refractivity contribution >= 4 is 33.2 Å². The van der Waals surface area contributed by atoms with Crippen LogP contribution in [0, 0.1) is 11.6 Å². The van der Waals surface area contributed by atoms with Gasteiger partial charge in [-0.1, -0.05) is 0 Å². The minimum absolute atomic E-state index is 0.0933. The number of amides is 1. The van der Waals surface area contributed by atoms with Gasteiger partial charge < -0.3 is 10.1 Å². The molecule has 2 rings (SSSR count). The van der Waals surface area contributed by atoms with Crippen molar-refractivity contribution < 1.29 is 23.1 Å². The predicted octanol–water partition coefficient (Wildman–Crippen LogP) is 4.16. The van der Waals surface area contributed by atoms with E-state index in [1.807, 2.05) is 0 Å². The molecule has 1 amide bonds. The van der Waals surface area contributed by atoms with Gasteiger partial charge in [0.05, 0.1) is 29.4 Å². The van der Waals surface area contributed by atoms with Crippen LogP contribution in [0.1, 0.15) is 17.3 Å². The number of hydrogen-bond acceptors (Lipinski definition) is 4. The third-order valence-electron chi connectivity index (χ3n) is 3.07. The lowest BCUT2D eigenvalue weighted by Crippen LogP contribution is -2.25. The SMILES string of the molecule is CCONC(=O)c1ccc(F)c(F)c1Nc1ccc(Br)c(OC)c1. The van der Waals surface area contributed by atoms with Gasteiger partial charge in [0.2, 0.25) is 0 Å². The highest BCUT2D eigenvalue weighted by atomic mass is 79.9. The lowest BCUT2D eigenvalue weighted by atomic mass is 10.1. The number of ether oxygens (including phenoxy) is 1. The predicted molar refractivity (Wildman–Crippen MR) is 89.4 cm³/mol. The van der Waals surface area contributed by atoms with Gasteiger partial charge >= 0.3 is 0 Å². The van der Waals surface area contributed by atoms with Crippen LogP contribution in [0.5, 0.6) is 5.75 Å². The number of anilines is 2. The minimum Gasteiger partial charge on any atom is -0.495 e. The maximum atomic E-state index is 14.2. The number of halogens is 3. The van der Waals surface area contributed by atoms with Crippen LogP contribution in [0.3, 0.4) is 0 Å². The number of carbonyl (C=O) groups is 1. The number of benzene rings is 2. The highest BCUT2D eigenvalue weighted by Crippen LogP contribution is 2.31. The van der Waals surface area contributed by atoms with E-state index in [1.54, 1.807) is 25.1 Å². The zero-order valence-electron chi connectivity index (χ0n) is 13.0. The summed E-state index contributed by atoms with van der Waals surface area (Å²) in [6, 6.07) is 6.94. The molecule has 0 heterocycles. The van der Waals surface area contributed by atoms with Gasteiger partial charge in [-0.2, -0.15) is 0 Å². The molecule has 24 heavy (non-hydrogen) atoms. The van der Waals surface area contributed by atoms with Gasteiger partial charge in [0.15, 0.2) is 11.6 Å². The lowest BCUT2D eigenvalue weighted by Gasteiger charge is -2.14. The first-order chi connectivity index (χ1) is 11.5. The number of nitrogens with one attached hydrogen (secondary N) is 2. The second-order valence-electron chi connectivity index (χ2n) is 4.62. The third-order valence-corrected chi connectivity index (χ3v) is 3.72. The maximum absolute atomic E-state index is 14.2. The van der Waals surface area contributed by atoms with Crippen molar-refractivity contribution in [1.29, 1.82) is 0 Å². The molecule has 5 nitrogen and oxygen atoms in total. The molecule has 0 radical (unpaired) electrons. The van der Waals surface area contributed by atoms with E-state index >= 15 is 0 Å². The molecule has 0 fully saturated rings. The minimum atomic E-state index is -1.17. The molecule has 0 aliphatic heterocycles. The Bertz CT molecular complexity index is 756. The van der Waals surface area contributed by atoms with Crippen LogP contribution in [0.2, 0.25) is 0 Å². The maximum Gasteiger partial charge on any atom is 0.277 e. The quantitative estimate of drug-likeness (QED) is 0.714. The lowest BCUT2D eigenvalue weighted by molar-refractivity contribution is 0.0365.